The zero-order chi connectivity index (χ0) is 40.0. The molecule has 2 aromatic heterocycles. The van der Waals surface area contributed by atoms with Crippen molar-refractivity contribution in [2.75, 3.05) is 0 Å². The minimum atomic E-state index is -0.259. The number of hydrogen-bond acceptors (Lipinski definition) is 3. The molecule has 258 valence electrons. The normalized spacial score (nSPS) is 12.3. The van der Waals surface area contributed by atoms with Crippen LogP contribution in [0.3, 0.4) is 0 Å². The third-order valence-corrected chi connectivity index (χ3v) is 10.0. The Kier molecular flexibility index (Phi) is 7.08. The first-order chi connectivity index (χ1) is 28.9. The molecule has 0 saturated carbocycles. The number of fused-ring (bicyclic) bond motifs is 3. The van der Waals surface area contributed by atoms with E-state index in [0.29, 0.717) is 28.4 Å². The Morgan fingerprint density at radius 1 is 0.327 bits per heavy atom. The fraction of sp³-hybridized carbons (Fsp3) is 0. The Hall–Kier alpha value is -7.43. The van der Waals surface area contributed by atoms with Gasteiger partial charge in [0.2, 0.25) is 0 Å². The molecule has 0 radical (unpaired) electrons. The quantitative estimate of drug-likeness (QED) is 0.166. The molecule has 8 aromatic carbocycles. The van der Waals surface area contributed by atoms with Crippen LogP contribution in [-0.2, 0) is 0 Å². The summed E-state index contributed by atoms with van der Waals surface area (Å²) < 4.78 is 37.0. The van der Waals surface area contributed by atoms with Crippen LogP contribution in [-0.4, -0.2) is 19.5 Å². The second kappa shape index (κ2) is 13.8. The Morgan fingerprint density at radius 3 is 1.24 bits per heavy atom. The third-order valence-electron chi connectivity index (χ3n) is 10.0. The fourth-order valence-electron chi connectivity index (χ4n) is 7.20. The van der Waals surface area contributed by atoms with Crippen molar-refractivity contribution in [3.05, 3.63) is 206 Å². The van der Waals surface area contributed by atoms with Gasteiger partial charge >= 0.3 is 0 Å². The largest absolute Gasteiger partial charge is 0.309 e. The number of aromatic nitrogens is 4. The van der Waals surface area contributed by atoms with Gasteiger partial charge in [-0.3, -0.25) is 0 Å². The highest BCUT2D eigenvalue weighted by molar-refractivity contribution is 6.10. The first-order valence-electron chi connectivity index (χ1n) is 20.2. The molecular formula is C51H34N4. The molecule has 0 spiro atoms. The number of benzene rings is 8. The summed E-state index contributed by atoms with van der Waals surface area (Å²) >= 11 is 0. The van der Waals surface area contributed by atoms with E-state index in [1.54, 1.807) is 0 Å². The summed E-state index contributed by atoms with van der Waals surface area (Å²) in [7, 11) is 0. The molecule has 0 saturated heterocycles. The molecule has 55 heavy (non-hydrogen) atoms. The van der Waals surface area contributed by atoms with Crippen LogP contribution in [0.25, 0.3) is 95.0 Å². The maximum atomic E-state index is 9.04. The lowest BCUT2D eigenvalue weighted by Crippen LogP contribution is -2.00. The van der Waals surface area contributed by atoms with Gasteiger partial charge in [-0.1, -0.05) is 182 Å². The van der Waals surface area contributed by atoms with Crippen LogP contribution in [0, 0.1) is 0 Å². The monoisotopic (exact) mass is 706 g/mol. The molecule has 0 aliphatic rings. The summed E-state index contributed by atoms with van der Waals surface area (Å²) in [6.07, 6.45) is 0. The van der Waals surface area contributed by atoms with Crippen LogP contribution in [0.2, 0.25) is 0 Å². The third kappa shape index (κ3) is 6.16. The summed E-state index contributed by atoms with van der Waals surface area (Å²) in [6, 6.07) is 60.3. The van der Waals surface area contributed by atoms with Gasteiger partial charge in [0.25, 0.3) is 0 Å². The molecule has 0 amide bonds. The SMILES string of the molecule is [2H]c1c([2H])c([2H])c2c(c1[2H])c1ccc(-c3ccc(-c4ccccc4)cc3)cc1n2-c1ccc(-c2ccc(-c3nc(-c4ccccc4)nc(-c4ccccc4)n3)cc2)cc1. The molecule has 4 heteroatoms. The first-order valence-corrected chi connectivity index (χ1v) is 18.2. The van der Waals surface area contributed by atoms with Gasteiger partial charge in [0.1, 0.15) is 0 Å². The zero-order valence-electron chi connectivity index (χ0n) is 33.6. The predicted octanol–water partition coefficient (Wildman–Crippen LogP) is 13.0. The van der Waals surface area contributed by atoms with Gasteiger partial charge in [0.05, 0.1) is 16.5 Å². The van der Waals surface area contributed by atoms with E-state index < -0.39 is 0 Å². The molecule has 0 aliphatic carbocycles. The van der Waals surface area contributed by atoms with Gasteiger partial charge in [-0.2, -0.15) is 0 Å². The van der Waals surface area contributed by atoms with Crippen LogP contribution in [0.1, 0.15) is 5.48 Å². The minimum Gasteiger partial charge on any atom is -0.309 e. The van der Waals surface area contributed by atoms with E-state index >= 15 is 0 Å². The molecule has 0 bridgehead atoms. The van der Waals surface area contributed by atoms with E-state index in [1.165, 1.54) is 0 Å². The van der Waals surface area contributed by atoms with Crippen molar-refractivity contribution in [3.63, 3.8) is 0 Å². The lowest BCUT2D eigenvalue weighted by molar-refractivity contribution is 1.07. The van der Waals surface area contributed by atoms with E-state index in [1.807, 2.05) is 132 Å². The topological polar surface area (TPSA) is 43.6 Å². The van der Waals surface area contributed by atoms with Crippen LogP contribution in [0.5, 0.6) is 0 Å². The summed E-state index contributed by atoms with van der Waals surface area (Å²) in [6.45, 7) is 0. The molecule has 0 N–H and O–H groups in total. The lowest BCUT2D eigenvalue weighted by Gasteiger charge is -2.11. The average molecular weight is 707 g/mol. The van der Waals surface area contributed by atoms with Gasteiger partial charge in [0.15, 0.2) is 17.5 Å². The molecular weight excluding hydrogens is 669 g/mol. The maximum absolute atomic E-state index is 9.04. The average Bonchev–Trinajstić information content (AvgIpc) is 3.66. The van der Waals surface area contributed by atoms with E-state index in [0.717, 1.165) is 66.7 Å². The fourth-order valence-corrected chi connectivity index (χ4v) is 7.20. The molecule has 10 aromatic rings. The van der Waals surface area contributed by atoms with Crippen LogP contribution >= 0.6 is 0 Å². The van der Waals surface area contributed by atoms with E-state index in [9.17, 15) is 0 Å². The van der Waals surface area contributed by atoms with Gasteiger partial charge in [-0.25, -0.2) is 15.0 Å². The van der Waals surface area contributed by atoms with Gasteiger partial charge in [0, 0.05) is 33.2 Å². The van der Waals surface area contributed by atoms with Crippen LogP contribution in [0.15, 0.2) is 206 Å². The minimum absolute atomic E-state index is 0.0496. The van der Waals surface area contributed by atoms with Crippen LogP contribution < -0.4 is 0 Å². The van der Waals surface area contributed by atoms with Crippen molar-refractivity contribution >= 4 is 21.8 Å². The highest BCUT2D eigenvalue weighted by atomic mass is 15.0. The molecule has 10 rings (SSSR count). The van der Waals surface area contributed by atoms with Crippen molar-refractivity contribution in [2.24, 2.45) is 0 Å². The standard InChI is InChI=1S/C51H34N4/c1-4-12-35(13-5-1)36-20-22-39(23-21-36)43-30-33-46-45-18-10-11-19-47(45)55(48(46)34-43)44-31-28-38(29-32-44)37-24-26-42(27-25-37)51-53-49(40-14-6-2-7-15-40)52-50(54-51)41-16-8-3-9-17-41/h1-34H/i10D,11D,18D,19D. The summed E-state index contributed by atoms with van der Waals surface area (Å²) in [5.41, 5.74) is 11.0. The Labute approximate surface area is 325 Å². The predicted molar refractivity (Wildman–Crippen MR) is 227 cm³/mol. The van der Waals surface area contributed by atoms with E-state index in [4.69, 9.17) is 20.4 Å². The zero-order valence-corrected chi connectivity index (χ0v) is 29.6. The Bertz CT molecular complexity index is 3090. The second-order valence-corrected chi connectivity index (χ2v) is 13.4. The van der Waals surface area contributed by atoms with Crippen molar-refractivity contribution in [1.29, 1.82) is 0 Å². The Balaban J connectivity index is 1.03. The summed E-state index contributed by atoms with van der Waals surface area (Å²) in [5.74, 6) is 1.80. The molecule has 2 heterocycles. The number of nitrogens with zero attached hydrogens (tertiary/aromatic N) is 4. The van der Waals surface area contributed by atoms with Gasteiger partial charge < -0.3 is 4.57 Å². The Morgan fingerprint density at radius 2 is 0.709 bits per heavy atom. The number of rotatable bonds is 7. The smallest absolute Gasteiger partial charge is 0.164 e. The molecule has 0 aliphatic heterocycles. The van der Waals surface area contributed by atoms with Crippen molar-refractivity contribution in [1.82, 2.24) is 19.5 Å². The molecule has 4 nitrogen and oxygen atoms in total. The lowest BCUT2D eigenvalue weighted by atomic mass is 9.99. The summed E-state index contributed by atoms with van der Waals surface area (Å²) in [5, 5.41) is 1.27. The maximum Gasteiger partial charge on any atom is 0.164 e. The molecule has 0 fully saturated rings. The number of hydrogen-bond donors (Lipinski definition) is 0. The molecule has 0 unspecified atom stereocenters. The van der Waals surface area contributed by atoms with Gasteiger partial charge in [-0.05, 0) is 57.6 Å². The van der Waals surface area contributed by atoms with Crippen molar-refractivity contribution < 1.29 is 5.48 Å². The highest BCUT2D eigenvalue weighted by Crippen LogP contribution is 2.36. The second-order valence-electron chi connectivity index (χ2n) is 13.4. The molecule has 0 atom stereocenters. The van der Waals surface area contributed by atoms with Crippen molar-refractivity contribution in [2.45, 2.75) is 0 Å². The first kappa shape index (κ1) is 28.1. The van der Waals surface area contributed by atoms with E-state index in [-0.39, 0.29) is 24.2 Å². The number of para-hydroxylation sites is 1. The van der Waals surface area contributed by atoms with Crippen molar-refractivity contribution in [3.8, 4) is 73.2 Å². The van der Waals surface area contributed by atoms with Gasteiger partial charge in [-0.15, -0.1) is 0 Å². The highest BCUT2D eigenvalue weighted by Gasteiger charge is 2.15. The van der Waals surface area contributed by atoms with Crippen LogP contribution in [0.4, 0.5) is 0 Å². The summed E-state index contributed by atoms with van der Waals surface area (Å²) in [4.78, 5) is 14.6. The van der Waals surface area contributed by atoms with E-state index in [2.05, 4.69) is 54.6 Å².